The summed E-state index contributed by atoms with van der Waals surface area (Å²) in [6, 6.07) is 6.98. The summed E-state index contributed by atoms with van der Waals surface area (Å²) in [7, 11) is 1.82. The number of para-hydroxylation sites is 1. The Balaban J connectivity index is 2.38. The van der Waals surface area contributed by atoms with Crippen LogP contribution in [-0.2, 0) is 11.2 Å². The zero-order valence-corrected chi connectivity index (χ0v) is 12.3. The first kappa shape index (κ1) is 15.0. The van der Waals surface area contributed by atoms with Crippen LogP contribution < -0.4 is 0 Å². The Morgan fingerprint density at radius 2 is 2.00 bits per heavy atom. The van der Waals surface area contributed by atoms with Crippen LogP contribution in [0.3, 0.4) is 0 Å². The van der Waals surface area contributed by atoms with E-state index in [0.717, 1.165) is 31.1 Å². The maximum absolute atomic E-state index is 11.9. The van der Waals surface area contributed by atoms with Crippen molar-refractivity contribution in [2.75, 3.05) is 18.9 Å². The van der Waals surface area contributed by atoms with Gasteiger partial charge in [-0.3, -0.25) is 4.79 Å². The molecule has 4 heteroatoms. The summed E-state index contributed by atoms with van der Waals surface area (Å²) < 4.78 is 0. The Hall–Kier alpha value is -1.03. The van der Waals surface area contributed by atoms with Crippen LogP contribution in [0.5, 0.6) is 5.75 Å². The van der Waals surface area contributed by atoms with Gasteiger partial charge >= 0.3 is 0 Å². The number of carbonyl (C=O) groups is 1. The molecule has 0 bridgehead atoms. The van der Waals surface area contributed by atoms with E-state index < -0.39 is 0 Å². The van der Waals surface area contributed by atoms with E-state index in [0.29, 0.717) is 5.56 Å². The minimum Gasteiger partial charge on any atom is -0.508 e. The highest BCUT2D eigenvalue weighted by Gasteiger charge is 2.11. The molecule has 0 fully saturated rings. The van der Waals surface area contributed by atoms with Crippen LogP contribution in [0.15, 0.2) is 24.3 Å². The highest BCUT2D eigenvalue weighted by Crippen LogP contribution is 2.16. The van der Waals surface area contributed by atoms with Crippen molar-refractivity contribution >= 4 is 21.8 Å². The van der Waals surface area contributed by atoms with E-state index in [1.165, 1.54) is 0 Å². The second-order valence-corrected chi connectivity index (χ2v) is 5.16. The van der Waals surface area contributed by atoms with E-state index in [4.69, 9.17) is 0 Å². The Morgan fingerprint density at radius 1 is 1.28 bits per heavy atom. The number of nitrogens with zero attached hydrogens (tertiary/aromatic N) is 1. The lowest BCUT2D eigenvalue weighted by Gasteiger charge is -2.17. The lowest BCUT2D eigenvalue weighted by molar-refractivity contribution is -0.129. The lowest BCUT2D eigenvalue weighted by Crippen LogP contribution is -2.29. The Morgan fingerprint density at radius 3 is 2.67 bits per heavy atom. The van der Waals surface area contributed by atoms with Gasteiger partial charge in [-0.1, -0.05) is 40.5 Å². The molecular weight excluding hydrogens is 294 g/mol. The van der Waals surface area contributed by atoms with Crippen LogP contribution in [-0.4, -0.2) is 34.8 Å². The van der Waals surface area contributed by atoms with Crippen LogP contribution >= 0.6 is 15.9 Å². The second-order valence-electron chi connectivity index (χ2n) is 4.37. The van der Waals surface area contributed by atoms with Gasteiger partial charge in [0.15, 0.2) is 0 Å². The van der Waals surface area contributed by atoms with Gasteiger partial charge in [0.1, 0.15) is 5.75 Å². The highest BCUT2D eigenvalue weighted by atomic mass is 79.9. The minimum atomic E-state index is 0.0512. The number of rotatable bonds is 7. The van der Waals surface area contributed by atoms with Crippen molar-refractivity contribution < 1.29 is 9.90 Å². The van der Waals surface area contributed by atoms with E-state index in [-0.39, 0.29) is 18.1 Å². The van der Waals surface area contributed by atoms with Crippen molar-refractivity contribution in [3.05, 3.63) is 29.8 Å². The predicted molar refractivity (Wildman–Crippen MR) is 77.1 cm³/mol. The molecule has 1 amide bonds. The molecule has 0 aromatic heterocycles. The number of likely N-dealkylation sites (N-methyl/N-ethyl adjacent to an activating group) is 1. The average molecular weight is 314 g/mol. The number of alkyl halides is 1. The van der Waals surface area contributed by atoms with Crippen molar-refractivity contribution in [2.45, 2.75) is 25.7 Å². The van der Waals surface area contributed by atoms with Crippen molar-refractivity contribution in [3.63, 3.8) is 0 Å². The topological polar surface area (TPSA) is 40.5 Å². The summed E-state index contributed by atoms with van der Waals surface area (Å²) in [5.41, 5.74) is 0.690. The molecule has 18 heavy (non-hydrogen) atoms. The third-order valence-corrected chi connectivity index (χ3v) is 3.45. The summed E-state index contributed by atoms with van der Waals surface area (Å²) >= 11 is 3.39. The Kier molecular flexibility index (Phi) is 6.80. The van der Waals surface area contributed by atoms with Gasteiger partial charge in [-0.25, -0.2) is 0 Å². The third-order valence-electron chi connectivity index (χ3n) is 2.89. The summed E-state index contributed by atoms with van der Waals surface area (Å²) in [5, 5.41) is 10.6. The van der Waals surface area contributed by atoms with Gasteiger partial charge < -0.3 is 10.0 Å². The number of phenolic OH excluding ortho intramolecular Hbond substituents is 1. The Bertz CT molecular complexity index is 382. The largest absolute Gasteiger partial charge is 0.508 e. The number of unbranched alkanes of at least 4 members (excludes halogenated alkanes) is 2. The van der Waals surface area contributed by atoms with Gasteiger partial charge in [-0.15, -0.1) is 0 Å². The molecule has 3 nitrogen and oxygen atoms in total. The first-order chi connectivity index (χ1) is 8.65. The molecule has 1 aromatic rings. The molecule has 1 rings (SSSR count). The highest BCUT2D eigenvalue weighted by molar-refractivity contribution is 9.09. The molecule has 1 N–H and O–H groups in total. The molecule has 0 unspecified atom stereocenters. The van der Waals surface area contributed by atoms with E-state index in [2.05, 4.69) is 15.9 Å². The first-order valence-corrected chi connectivity index (χ1v) is 7.34. The van der Waals surface area contributed by atoms with Crippen LogP contribution in [0.4, 0.5) is 0 Å². The SMILES string of the molecule is CN(CCCCCBr)C(=O)Cc1ccccc1O. The zero-order chi connectivity index (χ0) is 13.4. The number of hydrogen-bond donors (Lipinski definition) is 1. The van der Waals surface area contributed by atoms with E-state index >= 15 is 0 Å². The molecule has 0 atom stereocenters. The summed E-state index contributed by atoms with van der Waals surface area (Å²) in [6.07, 6.45) is 3.55. The number of carbonyl (C=O) groups excluding carboxylic acids is 1. The minimum absolute atomic E-state index is 0.0512. The molecule has 0 saturated carbocycles. The van der Waals surface area contributed by atoms with E-state index in [1.54, 1.807) is 23.1 Å². The fraction of sp³-hybridized carbons (Fsp3) is 0.500. The standard InChI is InChI=1S/C14H20BrNO2/c1-16(10-6-2-5-9-15)14(18)11-12-7-3-4-8-13(12)17/h3-4,7-8,17H,2,5-6,9-11H2,1H3. The first-order valence-electron chi connectivity index (χ1n) is 6.22. The second kappa shape index (κ2) is 8.14. The molecule has 0 spiro atoms. The van der Waals surface area contributed by atoms with Crippen LogP contribution in [0.2, 0.25) is 0 Å². The molecule has 0 aliphatic rings. The van der Waals surface area contributed by atoms with Gasteiger partial charge in [-0.05, 0) is 18.9 Å². The number of hydrogen-bond acceptors (Lipinski definition) is 2. The predicted octanol–water partition coefficient (Wildman–Crippen LogP) is 2.96. The van der Waals surface area contributed by atoms with E-state index in [1.807, 2.05) is 13.1 Å². The van der Waals surface area contributed by atoms with Gasteiger partial charge in [-0.2, -0.15) is 0 Å². The van der Waals surface area contributed by atoms with Crippen molar-refractivity contribution in [3.8, 4) is 5.75 Å². The fourth-order valence-corrected chi connectivity index (χ4v) is 2.10. The summed E-state index contributed by atoms with van der Waals surface area (Å²) in [6.45, 7) is 0.777. The van der Waals surface area contributed by atoms with Crippen LogP contribution in [0.25, 0.3) is 0 Å². The molecule has 100 valence electrons. The molecule has 1 aromatic carbocycles. The normalized spacial score (nSPS) is 10.3. The van der Waals surface area contributed by atoms with Crippen LogP contribution in [0, 0.1) is 0 Å². The lowest BCUT2D eigenvalue weighted by atomic mass is 10.1. The van der Waals surface area contributed by atoms with Crippen molar-refractivity contribution in [2.24, 2.45) is 0 Å². The maximum atomic E-state index is 11.9. The van der Waals surface area contributed by atoms with Gasteiger partial charge in [0, 0.05) is 24.5 Å². The molecular formula is C14H20BrNO2. The number of phenols is 1. The Labute approximate surface area is 117 Å². The smallest absolute Gasteiger partial charge is 0.226 e. The zero-order valence-electron chi connectivity index (χ0n) is 10.7. The molecule has 0 radical (unpaired) electrons. The summed E-state index contributed by atoms with van der Waals surface area (Å²) in [4.78, 5) is 13.7. The maximum Gasteiger partial charge on any atom is 0.226 e. The van der Waals surface area contributed by atoms with Gasteiger partial charge in [0.05, 0.1) is 6.42 Å². The number of amides is 1. The third kappa shape index (κ3) is 5.08. The van der Waals surface area contributed by atoms with Crippen molar-refractivity contribution in [1.82, 2.24) is 4.90 Å². The molecule has 0 saturated heterocycles. The fourth-order valence-electron chi connectivity index (χ4n) is 1.70. The van der Waals surface area contributed by atoms with E-state index in [9.17, 15) is 9.90 Å². The quantitative estimate of drug-likeness (QED) is 0.621. The monoisotopic (exact) mass is 313 g/mol. The van der Waals surface area contributed by atoms with Gasteiger partial charge in [0.2, 0.25) is 5.91 Å². The van der Waals surface area contributed by atoms with Crippen molar-refractivity contribution in [1.29, 1.82) is 0 Å². The number of aromatic hydroxyl groups is 1. The van der Waals surface area contributed by atoms with Crippen LogP contribution in [0.1, 0.15) is 24.8 Å². The average Bonchev–Trinajstić information content (AvgIpc) is 2.37. The molecule has 0 heterocycles. The van der Waals surface area contributed by atoms with Gasteiger partial charge in [0.25, 0.3) is 0 Å². The molecule has 0 aliphatic heterocycles. The number of benzene rings is 1. The summed E-state index contributed by atoms with van der Waals surface area (Å²) in [5.74, 6) is 0.244. The molecule has 0 aliphatic carbocycles. The number of halogens is 1.